The van der Waals surface area contributed by atoms with Gasteiger partial charge < -0.3 is 5.32 Å². The molecule has 2 rings (SSSR count). The lowest BCUT2D eigenvalue weighted by atomic mass is 9.75. The zero-order valence-electron chi connectivity index (χ0n) is 11.2. The molecule has 0 bridgehead atoms. The van der Waals surface area contributed by atoms with Gasteiger partial charge in [-0.15, -0.1) is 0 Å². The standard InChI is InChI=1S/C14H18Cl2N2O/c1-14(2)7-3-4-9(8-14)17-13(19)12-10(15)5-6-11(16)18-12/h5-6,9H,3-4,7-8H2,1-2H3,(H,17,19). The third kappa shape index (κ3) is 3.83. The molecule has 3 nitrogen and oxygen atoms in total. The van der Waals surface area contributed by atoms with Crippen LogP contribution in [0.5, 0.6) is 0 Å². The number of amides is 1. The van der Waals surface area contributed by atoms with Crippen LogP contribution in [0.25, 0.3) is 0 Å². The second kappa shape index (κ2) is 5.68. The number of nitrogens with zero attached hydrogens (tertiary/aromatic N) is 1. The van der Waals surface area contributed by atoms with Crippen molar-refractivity contribution in [3.05, 3.63) is 28.0 Å². The monoisotopic (exact) mass is 300 g/mol. The van der Waals surface area contributed by atoms with Crippen LogP contribution in [-0.4, -0.2) is 16.9 Å². The summed E-state index contributed by atoms with van der Waals surface area (Å²) in [6, 6.07) is 3.36. The Balaban J connectivity index is 2.06. The van der Waals surface area contributed by atoms with E-state index < -0.39 is 0 Å². The van der Waals surface area contributed by atoms with Gasteiger partial charge in [-0.25, -0.2) is 4.98 Å². The van der Waals surface area contributed by atoms with Crippen molar-refractivity contribution < 1.29 is 4.79 Å². The summed E-state index contributed by atoms with van der Waals surface area (Å²) in [6.07, 6.45) is 4.33. The predicted octanol–water partition coefficient (Wildman–Crippen LogP) is 4.09. The summed E-state index contributed by atoms with van der Waals surface area (Å²) >= 11 is 11.8. The van der Waals surface area contributed by atoms with Crippen LogP contribution in [-0.2, 0) is 0 Å². The van der Waals surface area contributed by atoms with Crippen LogP contribution in [0.15, 0.2) is 12.1 Å². The fourth-order valence-electron chi connectivity index (χ4n) is 2.65. The van der Waals surface area contributed by atoms with Crippen molar-refractivity contribution >= 4 is 29.1 Å². The summed E-state index contributed by atoms with van der Waals surface area (Å²) in [6.45, 7) is 4.46. The van der Waals surface area contributed by atoms with Crippen molar-refractivity contribution in [2.24, 2.45) is 5.41 Å². The molecule has 5 heteroatoms. The molecule has 19 heavy (non-hydrogen) atoms. The molecular formula is C14H18Cl2N2O. The van der Waals surface area contributed by atoms with Gasteiger partial charge in [-0.1, -0.05) is 43.5 Å². The Bertz CT molecular complexity index is 488. The maximum absolute atomic E-state index is 12.2. The smallest absolute Gasteiger partial charge is 0.271 e. The highest BCUT2D eigenvalue weighted by Gasteiger charge is 2.29. The maximum Gasteiger partial charge on any atom is 0.271 e. The lowest BCUT2D eigenvalue weighted by Gasteiger charge is -2.35. The number of carbonyl (C=O) groups is 1. The first-order chi connectivity index (χ1) is 8.87. The Labute approximate surface area is 123 Å². The van der Waals surface area contributed by atoms with E-state index in [0.717, 1.165) is 19.3 Å². The molecule has 1 fully saturated rings. The minimum Gasteiger partial charge on any atom is -0.348 e. The van der Waals surface area contributed by atoms with E-state index in [1.807, 2.05) is 0 Å². The van der Waals surface area contributed by atoms with E-state index in [2.05, 4.69) is 24.1 Å². The van der Waals surface area contributed by atoms with Gasteiger partial charge in [0.2, 0.25) is 0 Å². The molecule has 0 saturated heterocycles. The summed E-state index contributed by atoms with van der Waals surface area (Å²) in [5.74, 6) is -0.241. The molecule has 1 aromatic heterocycles. The lowest BCUT2D eigenvalue weighted by molar-refractivity contribution is 0.0897. The molecule has 1 amide bonds. The Morgan fingerprint density at radius 2 is 2.16 bits per heavy atom. The Hall–Kier alpha value is -0.800. The van der Waals surface area contributed by atoms with E-state index in [0.29, 0.717) is 5.02 Å². The molecule has 0 aliphatic heterocycles. The number of nitrogens with one attached hydrogen (secondary N) is 1. The largest absolute Gasteiger partial charge is 0.348 e. The number of carbonyl (C=O) groups excluding carboxylic acids is 1. The number of pyridine rings is 1. The summed E-state index contributed by atoms with van der Waals surface area (Å²) in [5.41, 5.74) is 0.486. The van der Waals surface area contributed by atoms with Gasteiger partial charge in [0, 0.05) is 6.04 Å². The molecule has 1 aliphatic rings. The minimum absolute atomic E-state index is 0.188. The Morgan fingerprint density at radius 3 is 2.84 bits per heavy atom. The number of halogens is 2. The van der Waals surface area contributed by atoms with Gasteiger partial charge in [-0.2, -0.15) is 0 Å². The SMILES string of the molecule is CC1(C)CCCC(NC(=O)c2nc(Cl)ccc2Cl)C1. The van der Waals surface area contributed by atoms with Crippen LogP contribution in [0.1, 0.15) is 50.0 Å². The summed E-state index contributed by atoms with van der Waals surface area (Å²) in [7, 11) is 0. The van der Waals surface area contributed by atoms with Gasteiger partial charge in [0.25, 0.3) is 5.91 Å². The third-order valence-electron chi connectivity index (χ3n) is 3.57. The predicted molar refractivity (Wildman–Crippen MR) is 77.8 cm³/mol. The number of aromatic nitrogens is 1. The second-order valence-electron chi connectivity index (χ2n) is 5.90. The highest BCUT2D eigenvalue weighted by Crippen LogP contribution is 2.35. The van der Waals surface area contributed by atoms with Crippen molar-refractivity contribution in [3.63, 3.8) is 0 Å². The van der Waals surface area contributed by atoms with Gasteiger partial charge in [0.05, 0.1) is 5.02 Å². The highest BCUT2D eigenvalue weighted by molar-refractivity contribution is 6.34. The first kappa shape index (κ1) is 14.6. The van der Waals surface area contributed by atoms with Crippen LogP contribution in [0, 0.1) is 5.41 Å². The van der Waals surface area contributed by atoms with Gasteiger partial charge in [0.15, 0.2) is 0 Å². The lowest BCUT2D eigenvalue weighted by Crippen LogP contribution is -2.41. The molecule has 0 aromatic carbocycles. The minimum atomic E-state index is -0.241. The van der Waals surface area contributed by atoms with Crippen LogP contribution in [0.4, 0.5) is 0 Å². The van der Waals surface area contributed by atoms with Gasteiger partial charge in [-0.05, 0) is 36.8 Å². The fraction of sp³-hybridized carbons (Fsp3) is 0.571. The van der Waals surface area contributed by atoms with Crippen molar-refractivity contribution in [1.29, 1.82) is 0 Å². The number of rotatable bonds is 2. The first-order valence-electron chi connectivity index (χ1n) is 6.50. The van der Waals surface area contributed by atoms with E-state index in [-0.39, 0.29) is 28.2 Å². The summed E-state index contributed by atoms with van der Waals surface area (Å²) in [4.78, 5) is 16.2. The van der Waals surface area contributed by atoms with Gasteiger partial charge >= 0.3 is 0 Å². The van der Waals surface area contributed by atoms with Crippen molar-refractivity contribution in [1.82, 2.24) is 10.3 Å². The van der Waals surface area contributed by atoms with E-state index >= 15 is 0 Å². The van der Waals surface area contributed by atoms with Crippen LogP contribution in [0.3, 0.4) is 0 Å². The van der Waals surface area contributed by atoms with E-state index in [1.54, 1.807) is 12.1 Å². The average Bonchev–Trinajstić information content (AvgIpc) is 2.31. The molecule has 0 radical (unpaired) electrons. The van der Waals surface area contributed by atoms with Crippen LogP contribution >= 0.6 is 23.2 Å². The van der Waals surface area contributed by atoms with Crippen LogP contribution < -0.4 is 5.32 Å². The van der Waals surface area contributed by atoms with E-state index in [9.17, 15) is 4.79 Å². The quantitative estimate of drug-likeness (QED) is 0.836. The Morgan fingerprint density at radius 1 is 1.42 bits per heavy atom. The summed E-state index contributed by atoms with van der Waals surface area (Å²) in [5, 5.41) is 3.62. The highest BCUT2D eigenvalue weighted by atomic mass is 35.5. The molecule has 1 unspecified atom stereocenters. The molecule has 1 aliphatic carbocycles. The zero-order valence-corrected chi connectivity index (χ0v) is 12.7. The van der Waals surface area contributed by atoms with Crippen molar-refractivity contribution in [3.8, 4) is 0 Å². The van der Waals surface area contributed by atoms with Crippen molar-refractivity contribution in [2.75, 3.05) is 0 Å². The summed E-state index contributed by atoms with van der Waals surface area (Å²) < 4.78 is 0. The van der Waals surface area contributed by atoms with Gasteiger partial charge in [0.1, 0.15) is 10.8 Å². The second-order valence-corrected chi connectivity index (χ2v) is 6.69. The van der Waals surface area contributed by atoms with E-state index in [4.69, 9.17) is 23.2 Å². The first-order valence-corrected chi connectivity index (χ1v) is 7.26. The van der Waals surface area contributed by atoms with Crippen molar-refractivity contribution in [2.45, 2.75) is 45.6 Å². The average molecular weight is 301 g/mol. The molecular weight excluding hydrogens is 283 g/mol. The third-order valence-corrected chi connectivity index (χ3v) is 4.08. The zero-order chi connectivity index (χ0) is 14.0. The molecule has 1 heterocycles. The molecule has 104 valence electrons. The topological polar surface area (TPSA) is 42.0 Å². The molecule has 1 atom stereocenters. The molecule has 1 saturated carbocycles. The maximum atomic E-state index is 12.2. The molecule has 0 spiro atoms. The van der Waals surface area contributed by atoms with Crippen LogP contribution in [0.2, 0.25) is 10.2 Å². The molecule has 1 aromatic rings. The Kier molecular flexibility index (Phi) is 4.36. The van der Waals surface area contributed by atoms with E-state index in [1.165, 1.54) is 6.42 Å². The normalized spacial score (nSPS) is 22.0. The fourth-order valence-corrected chi connectivity index (χ4v) is 2.99. The molecule has 1 N–H and O–H groups in total. The van der Waals surface area contributed by atoms with Gasteiger partial charge in [-0.3, -0.25) is 4.79 Å². The number of hydrogen-bond donors (Lipinski definition) is 1. The number of hydrogen-bond acceptors (Lipinski definition) is 2.